The van der Waals surface area contributed by atoms with Gasteiger partial charge in [0.05, 0.1) is 13.2 Å². The maximum atomic E-state index is 5.73. The summed E-state index contributed by atoms with van der Waals surface area (Å²) in [5, 5.41) is 0. The molecule has 24 heavy (non-hydrogen) atoms. The fraction of sp³-hybridized carbons (Fsp3) is 0.182. The molecule has 2 heteroatoms. The Morgan fingerprint density at radius 3 is 2.04 bits per heavy atom. The number of rotatable bonds is 6. The number of nitrogens with two attached hydrogens (primary N) is 1. The molecule has 3 aromatic carbocycles. The maximum Gasteiger partial charge on any atom is 0.0726 e. The Bertz CT molecular complexity index is 782. The summed E-state index contributed by atoms with van der Waals surface area (Å²) >= 11 is 0. The van der Waals surface area contributed by atoms with Crippen LogP contribution < -0.4 is 5.73 Å². The lowest BCUT2D eigenvalue weighted by Crippen LogP contribution is -2.09. The molecule has 3 rings (SSSR count). The fourth-order valence-corrected chi connectivity index (χ4v) is 2.94. The van der Waals surface area contributed by atoms with Crippen molar-refractivity contribution in [1.82, 2.24) is 0 Å². The average Bonchev–Trinajstić information content (AvgIpc) is 2.64. The van der Waals surface area contributed by atoms with Gasteiger partial charge in [0, 0.05) is 6.54 Å². The van der Waals surface area contributed by atoms with Crippen LogP contribution in [0.25, 0.3) is 22.3 Å². The Kier molecular flexibility index (Phi) is 5.42. The minimum atomic E-state index is 0.543. The minimum absolute atomic E-state index is 0.543. The van der Waals surface area contributed by atoms with Gasteiger partial charge in [0.1, 0.15) is 0 Å². The van der Waals surface area contributed by atoms with Gasteiger partial charge in [-0.3, -0.25) is 0 Å². The lowest BCUT2D eigenvalue weighted by atomic mass is 9.91. The molecule has 0 aliphatic heterocycles. The Morgan fingerprint density at radius 2 is 1.42 bits per heavy atom. The zero-order valence-corrected chi connectivity index (χ0v) is 14.0. The standard InChI is InChI=1S/C22H23NO/c1-17-14-20(18-8-4-2-5-9-18)15-21(19-10-6-3-7-11-19)22(17)16-24-13-12-23/h2-11,14-15H,12-13,16,23H2,1H3. The van der Waals surface area contributed by atoms with E-state index in [1.165, 1.54) is 33.4 Å². The highest BCUT2D eigenvalue weighted by Gasteiger charge is 2.11. The van der Waals surface area contributed by atoms with Gasteiger partial charge in [-0.2, -0.15) is 0 Å². The van der Waals surface area contributed by atoms with Crippen LogP contribution in [-0.4, -0.2) is 13.2 Å². The van der Waals surface area contributed by atoms with Crippen molar-refractivity contribution in [1.29, 1.82) is 0 Å². The summed E-state index contributed by atoms with van der Waals surface area (Å²) in [6, 6.07) is 25.5. The van der Waals surface area contributed by atoms with E-state index in [2.05, 4.69) is 67.6 Å². The van der Waals surface area contributed by atoms with E-state index in [1.807, 2.05) is 12.1 Å². The van der Waals surface area contributed by atoms with Gasteiger partial charge in [-0.1, -0.05) is 66.7 Å². The molecule has 0 aliphatic carbocycles. The number of hydrogen-bond acceptors (Lipinski definition) is 2. The van der Waals surface area contributed by atoms with Gasteiger partial charge in [-0.25, -0.2) is 0 Å². The van der Waals surface area contributed by atoms with Gasteiger partial charge in [0.2, 0.25) is 0 Å². The predicted molar refractivity (Wildman–Crippen MR) is 101 cm³/mol. The molecular formula is C22H23NO. The van der Waals surface area contributed by atoms with E-state index in [4.69, 9.17) is 10.5 Å². The second-order valence-corrected chi connectivity index (χ2v) is 5.89. The Morgan fingerprint density at radius 1 is 0.792 bits per heavy atom. The molecule has 3 aromatic rings. The molecule has 0 unspecified atom stereocenters. The lowest BCUT2D eigenvalue weighted by molar-refractivity contribution is 0.128. The number of aryl methyl sites for hydroxylation is 1. The molecule has 0 radical (unpaired) electrons. The molecule has 0 heterocycles. The highest BCUT2D eigenvalue weighted by atomic mass is 16.5. The lowest BCUT2D eigenvalue weighted by Gasteiger charge is -2.16. The third kappa shape index (κ3) is 3.73. The Balaban J connectivity index is 2.09. The molecule has 2 nitrogen and oxygen atoms in total. The second-order valence-electron chi connectivity index (χ2n) is 5.89. The van der Waals surface area contributed by atoms with Crippen LogP contribution in [0.3, 0.4) is 0 Å². The van der Waals surface area contributed by atoms with Crippen molar-refractivity contribution in [3.63, 3.8) is 0 Å². The van der Waals surface area contributed by atoms with E-state index in [9.17, 15) is 0 Å². The van der Waals surface area contributed by atoms with Crippen molar-refractivity contribution in [2.75, 3.05) is 13.2 Å². The highest BCUT2D eigenvalue weighted by molar-refractivity contribution is 5.77. The molecule has 0 bridgehead atoms. The van der Waals surface area contributed by atoms with Gasteiger partial charge in [0.25, 0.3) is 0 Å². The number of benzene rings is 3. The van der Waals surface area contributed by atoms with E-state index >= 15 is 0 Å². The molecule has 0 aliphatic rings. The van der Waals surface area contributed by atoms with Crippen molar-refractivity contribution in [3.8, 4) is 22.3 Å². The molecule has 0 fully saturated rings. The molecule has 0 atom stereocenters. The van der Waals surface area contributed by atoms with Gasteiger partial charge in [-0.15, -0.1) is 0 Å². The van der Waals surface area contributed by atoms with E-state index in [1.54, 1.807) is 0 Å². The smallest absolute Gasteiger partial charge is 0.0726 e. The highest BCUT2D eigenvalue weighted by Crippen LogP contribution is 2.32. The van der Waals surface area contributed by atoms with Crippen LogP contribution in [0.5, 0.6) is 0 Å². The van der Waals surface area contributed by atoms with Gasteiger partial charge in [0.15, 0.2) is 0 Å². The molecule has 0 amide bonds. The van der Waals surface area contributed by atoms with Crippen molar-refractivity contribution in [2.45, 2.75) is 13.5 Å². The molecule has 0 aromatic heterocycles. The predicted octanol–water partition coefficient (Wildman–Crippen LogP) is 4.80. The van der Waals surface area contributed by atoms with Crippen LogP contribution in [0.15, 0.2) is 72.8 Å². The number of ether oxygens (including phenoxy) is 1. The fourth-order valence-electron chi connectivity index (χ4n) is 2.94. The molecule has 2 N–H and O–H groups in total. The third-order valence-electron chi connectivity index (χ3n) is 4.17. The van der Waals surface area contributed by atoms with E-state index < -0.39 is 0 Å². The van der Waals surface area contributed by atoms with Crippen molar-refractivity contribution in [2.24, 2.45) is 5.73 Å². The summed E-state index contributed by atoms with van der Waals surface area (Å²) < 4.78 is 5.73. The maximum absolute atomic E-state index is 5.73. The molecule has 122 valence electrons. The van der Waals surface area contributed by atoms with Crippen molar-refractivity contribution >= 4 is 0 Å². The first kappa shape index (κ1) is 16.4. The molecule has 0 spiro atoms. The summed E-state index contributed by atoms with van der Waals surface area (Å²) in [6.45, 7) is 3.86. The Labute approximate surface area is 143 Å². The SMILES string of the molecule is Cc1cc(-c2ccccc2)cc(-c2ccccc2)c1COCCN. The van der Waals surface area contributed by atoms with Crippen LogP contribution in [0, 0.1) is 6.92 Å². The summed E-state index contributed by atoms with van der Waals surface area (Å²) in [7, 11) is 0. The quantitative estimate of drug-likeness (QED) is 0.663. The Hall–Kier alpha value is -2.42. The summed E-state index contributed by atoms with van der Waals surface area (Å²) in [4.78, 5) is 0. The summed E-state index contributed by atoms with van der Waals surface area (Å²) in [6.07, 6.45) is 0. The molecule has 0 saturated carbocycles. The van der Waals surface area contributed by atoms with Gasteiger partial charge < -0.3 is 10.5 Å². The first-order valence-electron chi connectivity index (χ1n) is 8.32. The zero-order chi connectivity index (χ0) is 16.8. The van der Waals surface area contributed by atoms with Crippen LogP contribution in [0.1, 0.15) is 11.1 Å². The normalized spacial score (nSPS) is 10.8. The monoisotopic (exact) mass is 317 g/mol. The van der Waals surface area contributed by atoms with Gasteiger partial charge >= 0.3 is 0 Å². The van der Waals surface area contributed by atoms with Crippen LogP contribution in [0.4, 0.5) is 0 Å². The van der Waals surface area contributed by atoms with Gasteiger partial charge in [-0.05, 0) is 46.4 Å². The van der Waals surface area contributed by atoms with E-state index in [0.29, 0.717) is 19.8 Å². The number of hydrogen-bond donors (Lipinski definition) is 1. The van der Waals surface area contributed by atoms with Crippen molar-refractivity contribution < 1.29 is 4.74 Å². The summed E-state index contributed by atoms with van der Waals surface area (Å²) in [5.74, 6) is 0. The van der Waals surface area contributed by atoms with Crippen LogP contribution in [-0.2, 0) is 11.3 Å². The minimum Gasteiger partial charge on any atom is -0.375 e. The molecule has 0 saturated heterocycles. The largest absolute Gasteiger partial charge is 0.375 e. The third-order valence-corrected chi connectivity index (χ3v) is 4.17. The zero-order valence-electron chi connectivity index (χ0n) is 14.0. The topological polar surface area (TPSA) is 35.2 Å². The van der Waals surface area contributed by atoms with E-state index in [-0.39, 0.29) is 0 Å². The van der Waals surface area contributed by atoms with Crippen LogP contribution >= 0.6 is 0 Å². The van der Waals surface area contributed by atoms with Crippen LogP contribution in [0.2, 0.25) is 0 Å². The first-order chi connectivity index (χ1) is 11.8. The van der Waals surface area contributed by atoms with Crippen molar-refractivity contribution in [3.05, 3.63) is 83.9 Å². The van der Waals surface area contributed by atoms with E-state index in [0.717, 1.165) is 0 Å². The second kappa shape index (κ2) is 7.91. The molecular weight excluding hydrogens is 294 g/mol. The first-order valence-corrected chi connectivity index (χ1v) is 8.32. The average molecular weight is 317 g/mol. The summed E-state index contributed by atoms with van der Waals surface area (Å²) in [5.41, 5.74) is 12.9.